The second-order valence-corrected chi connectivity index (χ2v) is 4.47. The maximum Gasteiger partial charge on any atom is 0.215 e. The zero-order valence-corrected chi connectivity index (χ0v) is 10.7. The lowest BCUT2D eigenvalue weighted by molar-refractivity contribution is 0.0889. The van der Waals surface area contributed by atoms with Gasteiger partial charge in [-0.25, -0.2) is 0 Å². The number of carbonyl (C=O) groups excluding carboxylic acids is 1. The van der Waals surface area contributed by atoms with Crippen molar-refractivity contribution < 1.29 is 4.79 Å². The summed E-state index contributed by atoms with van der Waals surface area (Å²) in [6, 6.07) is 13.9. The molecule has 0 aromatic heterocycles. The average molecular weight is 276 g/mol. The molecule has 100 valence electrons. The molecular weight excluding hydrogens is 268 g/mol. The third-order valence-corrected chi connectivity index (χ3v) is 3.46. The Morgan fingerprint density at radius 1 is 0.810 bits per heavy atom. The SMILES string of the molecule is [N-]=[N+]=NC1(N=[N+]=[N-])C(=O)c2ccccc2-c2ccccc21. The lowest BCUT2D eigenvalue weighted by atomic mass is 9.78. The van der Waals surface area contributed by atoms with Gasteiger partial charge in [-0.15, -0.1) is 0 Å². The van der Waals surface area contributed by atoms with E-state index in [1.165, 1.54) is 0 Å². The lowest BCUT2D eigenvalue weighted by Crippen LogP contribution is -2.35. The fourth-order valence-electron chi connectivity index (χ4n) is 2.60. The van der Waals surface area contributed by atoms with Crippen LogP contribution < -0.4 is 0 Å². The quantitative estimate of drug-likeness (QED) is 0.453. The predicted molar refractivity (Wildman–Crippen MR) is 76.2 cm³/mol. The van der Waals surface area contributed by atoms with Gasteiger partial charge in [-0.05, 0) is 27.8 Å². The summed E-state index contributed by atoms with van der Waals surface area (Å²) in [5.41, 5.74) is 18.0. The zero-order valence-electron chi connectivity index (χ0n) is 10.7. The Hall–Kier alpha value is -3.27. The molecular formula is C14H8N6O. The van der Waals surface area contributed by atoms with Gasteiger partial charge in [0.25, 0.3) is 0 Å². The molecule has 7 nitrogen and oxygen atoms in total. The van der Waals surface area contributed by atoms with Crippen molar-refractivity contribution in [2.45, 2.75) is 5.66 Å². The first-order chi connectivity index (χ1) is 10.2. The van der Waals surface area contributed by atoms with Gasteiger partial charge in [0, 0.05) is 15.4 Å². The van der Waals surface area contributed by atoms with Crippen LogP contribution >= 0.6 is 0 Å². The van der Waals surface area contributed by atoms with Crippen molar-refractivity contribution in [1.29, 1.82) is 0 Å². The van der Waals surface area contributed by atoms with Crippen LogP contribution in [0.3, 0.4) is 0 Å². The molecule has 0 N–H and O–H groups in total. The summed E-state index contributed by atoms with van der Waals surface area (Å²) >= 11 is 0. The molecule has 0 spiro atoms. The number of hydrogen-bond acceptors (Lipinski definition) is 3. The van der Waals surface area contributed by atoms with Gasteiger partial charge in [0.15, 0.2) is 5.78 Å². The molecule has 0 aliphatic heterocycles. The highest BCUT2D eigenvalue weighted by Gasteiger charge is 2.45. The van der Waals surface area contributed by atoms with Crippen LogP contribution in [0.15, 0.2) is 58.8 Å². The van der Waals surface area contributed by atoms with Crippen molar-refractivity contribution in [1.82, 2.24) is 0 Å². The topological polar surface area (TPSA) is 115 Å². The van der Waals surface area contributed by atoms with Crippen LogP contribution in [0, 0.1) is 0 Å². The number of Topliss-reactive ketones (excluding diaryl/α,β-unsaturated/α-hetero) is 1. The number of benzene rings is 2. The van der Waals surface area contributed by atoms with E-state index in [0.717, 1.165) is 5.56 Å². The molecule has 0 saturated heterocycles. The molecule has 2 aromatic rings. The highest BCUT2D eigenvalue weighted by molar-refractivity contribution is 6.12. The van der Waals surface area contributed by atoms with E-state index in [0.29, 0.717) is 16.7 Å². The van der Waals surface area contributed by atoms with Crippen molar-refractivity contribution in [3.8, 4) is 11.1 Å². The van der Waals surface area contributed by atoms with E-state index in [1.54, 1.807) is 30.3 Å². The first kappa shape index (κ1) is 12.7. The minimum Gasteiger partial charge on any atom is -0.293 e. The summed E-state index contributed by atoms with van der Waals surface area (Å²) < 4.78 is 0. The molecule has 0 radical (unpaired) electrons. The first-order valence-electron chi connectivity index (χ1n) is 6.11. The minimum atomic E-state index is -1.91. The fraction of sp³-hybridized carbons (Fsp3) is 0.0714. The van der Waals surface area contributed by atoms with Crippen molar-refractivity contribution in [2.24, 2.45) is 10.2 Å². The Balaban J connectivity index is 2.48. The second-order valence-electron chi connectivity index (χ2n) is 4.47. The molecule has 0 unspecified atom stereocenters. The largest absolute Gasteiger partial charge is 0.293 e. The van der Waals surface area contributed by atoms with Crippen LogP contribution in [-0.4, -0.2) is 5.78 Å². The van der Waals surface area contributed by atoms with Crippen molar-refractivity contribution in [2.75, 3.05) is 0 Å². The van der Waals surface area contributed by atoms with Gasteiger partial charge in [0.1, 0.15) is 0 Å². The monoisotopic (exact) mass is 276 g/mol. The van der Waals surface area contributed by atoms with Crippen molar-refractivity contribution in [3.63, 3.8) is 0 Å². The maximum absolute atomic E-state index is 12.8. The zero-order chi connectivity index (χ0) is 14.9. The summed E-state index contributed by atoms with van der Waals surface area (Å²) in [5.74, 6) is -0.521. The Bertz CT molecular complexity index is 828. The summed E-state index contributed by atoms with van der Waals surface area (Å²) in [7, 11) is 0. The van der Waals surface area contributed by atoms with Crippen molar-refractivity contribution >= 4 is 5.78 Å². The van der Waals surface area contributed by atoms with Crippen molar-refractivity contribution in [3.05, 3.63) is 80.5 Å². The Kier molecular flexibility index (Phi) is 2.84. The van der Waals surface area contributed by atoms with E-state index in [9.17, 15) is 4.79 Å². The number of ketones is 1. The molecule has 1 aliphatic rings. The number of nitrogens with zero attached hydrogens (tertiary/aromatic N) is 6. The molecule has 0 atom stereocenters. The average Bonchev–Trinajstić information content (AvgIpc) is 2.53. The highest BCUT2D eigenvalue weighted by Crippen LogP contribution is 2.45. The summed E-state index contributed by atoms with van der Waals surface area (Å²) in [6.45, 7) is 0. The Morgan fingerprint density at radius 3 is 1.95 bits per heavy atom. The first-order valence-corrected chi connectivity index (χ1v) is 6.11. The standard InChI is InChI=1S/C14H8N6O/c15-19-17-14(18-20-16)12-8-4-3-6-10(12)9-5-1-2-7-11(9)13(14)21/h1-8H. The van der Waals surface area contributed by atoms with Crippen LogP contribution in [0.4, 0.5) is 0 Å². The van der Waals surface area contributed by atoms with Crippen LogP contribution in [0.1, 0.15) is 15.9 Å². The van der Waals surface area contributed by atoms with E-state index in [1.807, 2.05) is 18.2 Å². The van der Waals surface area contributed by atoms with Crippen LogP contribution in [-0.2, 0) is 5.66 Å². The Labute approximate surface area is 119 Å². The number of hydrogen-bond donors (Lipinski definition) is 0. The summed E-state index contributed by atoms with van der Waals surface area (Å²) in [4.78, 5) is 18.2. The van der Waals surface area contributed by atoms with Crippen LogP contribution in [0.25, 0.3) is 32.0 Å². The molecule has 7 heteroatoms. The molecule has 1 aliphatic carbocycles. The molecule has 0 fully saturated rings. The van der Waals surface area contributed by atoms with E-state index in [4.69, 9.17) is 11.1 Å². The smallest absolute Gasteiger partial charge is 0.215 e. The molecule has 0 amide bonds. The number of carbonyl (C=O) groups is 1. The molecule has 21 heavy (non-hydrogen) atoms. The normalized spacial score (nSPS) is 18.8. The van der Waals surface area contributed by atoms with E-state index >= 15 is 0 Å². The highest BCUT2D eigenvalue weighted by atomic mass is 16.1. The fourth-order valence-corrected chi connectivity index (χ4v) is 2.60. The predicted octanol–water partition coefficient (Wildman–Crippen LogP) is 4.32. The number of azide groups is 1. The van der Waals surface area contributed by atoms with Crippen LogP contribution in [0.2, 0.25) is 0 Å². The number of rotatable bonds is 2. The van der Waals surface area contributed by atoms with Gasteiger partial charge in [0.05, 0.1) is 0 Å². The molecule has 3 rings (SSSR count). The molecule has 2 aromatic carbocycles. The minimum absolute atomic E-state index is 0.371. The van der Waals surface area contributed by atoms with E-state index < -0.39 is 11.4 Å². The van der Waals surface area contributed by atoms with E-state index in [2.05, 4.69) is 20.1 Å². The van der Waals surface area contributed by atoms with Gasteiger partial charge in [-0.1, -0.05) is 58.8 Å². The van der Waals surface area contributed by atoms with Gasteiger partial charge >= 0.3 is 0 Å². The molecule has 0 heterocycles. The third kappa shape index (κ3) is 1.66. The second kappa shape index (κ2) is 4.68. The Morgan fingerprint density at radius 2 is 1.33 bits per heavy atom. The van der Waals surface area contributed by atoms with Gasteiger partial charge in [-0.3, -0.25) is 4.79 Å². The van der Waals surface area contributed by atoms with Gasteiger partial charge in [0.2, 0.25) is 5.66 Å². The summed E-state index contributed by atoms with van der Waals surface area (Å²) in [5, 5.41) is 7.07. The maximum atomic E-state index is 12.8. The lowest BCUT2D eigenvalue weighted by Gasteiger charge is -2.30. The number of fused-ring (bicyclic) bond motifs is 3. The third-order valence-electron chi connectivity index (χ3n) is 3.46. The summed E-state index contributed by atoms with van der Waals surface area (Å²) in [6.07, 6.45) is 0. The van der Waals surface area contributed by atoms with Gasteiger partial charge in [-0.2, -0.15) is 0 Å². The molecule has 0 saturated carbocycles. The molecule has 0 bridgehead atoms. The van der Waals surface area contributed by atoms with E-state index in [-0.39, 0.29) is 0 Å². The van der Waals surface area contributed by atoms with Gasteiger partial charge < -0.3 is 0 Å². The van der Waals surface area contributed by atoms with Crippen LogP contribution in [0.5, 0.6) is 0 Å².